The zero-order chi connectivity index (χ0) is 12.3. The highest BCUT2D eigenvalue weighted by atomic mass is 35.5. The minimum Gasteiger partial charge on any atom is -0.314 e. The molecule has 2 rings (SSSR count). The average Bonchev–Trinajstić information content (AvgIpc) is 2.36. The molecule has 3 nitrogen and oxygen atoms in total. The molecule has 1 saturated heterocycles. The predicted molar refractivity (Wildman–Crippen MR) is 69.3 cm³/mol. The molecule has 1 unspecified atom stereocenters. The first-order chi connectivity index (χ1) is 8.22. The Balaban J connectivity index is 2.22. The van der Waals surface area contributed by atoms with Crippen LogP contribution in [-0.2, 0) is 0 Å². The van der Waals surface area contributed by atoms with Crippen LogP contribution in [0, 0.1) is 11.3 Å². The van der Waals surface area contributed by atoms with Gasteiger partial charge < -0.3 is 5.32 Å². The van der Waals surface area contributed by atoms with Gasteiger partial charge in [-0.3, -0.25) is 4.90 Å². The number of nitriles is 1. The van der Waals surface area contributed by atoms with Crippen molar-refractivity contribution in [3.63, 3.8) is 0 Å². The van der Waals surface area contributed by atoms with Gasteiger partial charge in [0.2, 0.25) is 0 Å². The second-order valence-electron chi connectivity index (χ2n) is 3.99. The highest BCUT2D eigenvalue weighted by molar-refractivity contribution is 6.42. The van der Waals surface area contributed by atoms with Gasteiger partial charge in [0.15, 0.2) is 0 Å². The van der Waals surface area contributed by atoms with Gasteiger partial charge >= 0.3 is 0 Å². The van der Waals surface area contributed by atoms with Crippen molar-refractivity contribution >= 4 is 23.2 Å². The summed E-state index contributed by atoms with van der Waals surface area (Å²) in [7, 11) is 0. The van der Waals surface area contributed by atoms with Gasteiger partial charge in [-0.15, -0.1) is 0 Å². The highest BCUT2D eigenvalue weighted by Gasteiger charge is 2.22. The SMILES string of the molecule is N#CC(c1ccc(Cl)c(Cl)c1)N1CCNCC1. The number of nitrogens with one attached hydrogen (secondary N) is 1. The van der Waals surface area contributed by atoms with Gasteiger partial charge in [-0.25, -0.2) is 0 Å². The van der Waals surface area contributed by atoms with Crippen molar-refractivity contribution in [3.05, 3.63) is 33.8 Å². The summed E-state index contributed by atoms with van der Waals surface area (Å²) in [6.07, 6.45) is 0. The van der Waals surface area contributed by atoms with Crippen molar-refractivity contribution in [2.24, 2.45) is 0 Å². The Labute approximate surface area is 111 Å². The average molecular weight is 270 g/mol. The Morgan fingerprint density at radius 3 is 2.53 bits per heavy atom. The summed E-state index contributed by atoms with van der Waals surface area (Å²) in [5, 5.41) is 13.6. The summed E-state index contributed by atoms with van der Waals surface area (Å²) in [6, 6.07) is 7.47. The second kappa shape index (κ2) is 5.70. The molecule has 1 heterocycles. The van der Waals surface area contributed by atoms with E-state index in [2.05, 4.69) is 16.3 Å². The van der Waals surface area contributed by atoms with Crippen LogP contribution in [0.3, 0.4) is 0 Å². The van der Waals surface area contributed by atoms with Crippen LogP contribution in [0.4, 0.5) is 0 Å². The first-order valence-electron chi connectivity index (χ1n) is 5.51. The lowest BCUT2D eigenvalue weighted by molar-refractivity contribution is 0.207. The fourth-order valence-electron chi connectivity index (χ4n) is 1.99. The third-order valence-corrected chi connectivity index (χ3v) is 3.64. The topological polar surface area (TPSA) is 39.1 Å². The molecule has 0 spiro atoms. The first-order valence-corrected chi connectivity index (χ1v) is 6.27. The fraction of sp³-hybridized carbons (Fsp3) is 0.417. The summed E-state index contributed by atoms with van der Waals surface area (Å²) < 4.78 is 0. The van der Waals surface area contributed by atoms with Crippen molar-refractivity contribution < 1.29 is 0 Å². The van der Waals surface area contributed by atoms with Crippen LogP contribution >= 0.6 is 23.2 Å². The predicted octanol–water partition coefficient (Wildman–Crippen LogP) is 2.46. The quantitative estimate of drug-likeness (QED) is 0.897. The molecule has 1 atom stereocenters. The van der Waals surface area contributed by atoms with E-state index in [1.54, 1.807) is 12.1 Å². The summed E-state index contributed by atoms with van der Waals surface area (Å²) in [6.45, 7) is 3.58. The molecule has 0 amide bonds. The van der Waals surface area contributed by atoms with E-state index in [0.717, 1.165) is 31.7 Å². The van der Waals surface area contributed by atoms with Gasteiger partial charge in [-0.1, -0.05) is 29.3 Å². The van der Waals surface area contributed by atoms with Gasteiger partial charge in [0.25, 0.3) is 0 Å². The molecule has 0 aliphatic carbocycles. The lowest BCUT2D eigenvalue weighted by Crippen LogP contribution is -2.44. The number of rotatable bonds is 2. The molecule has 1 aromatic rings. The van der Waals surface area contributed by atoms with Crippen LogP contribution in [0.1, 0.15) is 11.6 Å². The Bertz CT molecular complexity index is 436. The molecule has 1 fully saturated rings. The molecule has 1 aliphatic heterocycles. The molecule has 1 N–H and O–H groups in total. The Hall–Kier alpha value is -0.790. The molecule has 0 saturated carbocycles. The van der Waals surface area contributed by atoms with Crippen LogP contribution in [0.25, 0.3) is 0 Å². The van der Waals surface area contributed by atoms with Crippen molar-refractivity contribution in [3.8, 4) is 6.07 Å². The van der Waals surface area contributed by atoms with E-state index < -0.39 is 0 Å². The summed E-state index contributed by atoms with van der Waals surface area (Å²) in [5.41, 5.74) is 0.906. The Morgan fingerprint density at radius 2 is 1.94 bits per heavy atom. The molecular weight excluding hydrogens is 257 g/mol. The van der Waals surface area contributed by atoms with Crippen molar-refractivity contribution in [1.82, 2.24) is 10.2 Å². The number of hydrogen-bond donors (Lipinski definition) is 1. The monoisotopic (exact) mass is 269 g/mol. The first kappa shape index (κ1) is 12.7. The molecule has 1 aromatic carbocycles. The normalized spacial score (nSPS) is 18.6. The molecule has 5 heteroatoms. The zero-order valence-electron chi connectivity index (χ0n) is 9.29. The van der Waals surface area contributed by atoms with Crippen LogP contribution in [-0.4, -0.2) is 31.1 Å². The molecular formula is C12H13Cl2N3. The summed E-state index contributed by atoms with van der Waals surface area (Å²) in [5.74, 6) is 0. The van der Waals surface area contributed by atoms with Gasteiger partial charge in [-0.2, -0.15) is 5.26 Å². The lowest BCUT2D eigenvalue weighted by Gasteiger charge is -2.31. The van der Waals surface area contributed by atoms with E-state index >= 15 is 0 Å². The van der Waals surface area contributed by atoms with Crippen LogP contribution in [0.2, 0.25) is 10.0 Å². The second-order valence-corrected chi connectivity index (χ2v) is 4.81. The number of hydrogen-bond acceptors (Lipinski definition) is 3. The van der Waals surface area contributed by atoms with Crippen molar-refractivity contribution in [1.29, 1.82) is 5.26 Å². The van der Waals surface area contributed by atoms with E-state index in [4.69, 9.17) is 23.2 Å². The van der Waals surface area contributed by atoms with E-state index in [9.17, 15) is 5.26 Å². The number of nitrogens with zero attached hydrogens (tertiary/aromatic N) is 2. The third-order valence-electron chi connectivity index (χ3n) is 2.90. The number of benzene rings is 1. The molecule has 0 bridgehead atoms. The minimum absolute atomic E-state index is 0.244. The fourth-order valence-corrected chi connectivity index (χ4v) is 2.30. The summed E-state index contributed by atoms with van der Waals surface area (Å²) >= 11 is 11.9. The largest absolute Gasteiger partial charge is 0.314 e. The van der Waals surface area contributed by atoms with E-state index in [-0.39, 0.29) is 6.04 Å². The smallest absolute Gasteiger partial charge is 0.124 e. The highest BCUT2D eigenvalue weighted by Crippen LogP contribution is 2.28. The van der Waals surface area contributed by atoms with Crippen LogP contribution in [0.15, 0.2) is 18.2 Å². The minimum atomic E-state index is -0.244. The van der Waals surface area contributed by atoms with Gasteiger partial charge in [0.05, 0.1) is 16.1 Å². The van der Waals surface area contributed by atoms with Gasteiger partial charge in [0, 0.05) is 26.2 Å². The number of halogens is 2. The third kappa shape index (κ3) is 2.91. The van der Waals surface area contributed by atoms with Crippen molar-refractivity contribution in [2.75, 3.05) is 26.2 Å². The molecule has 17 heavy (non-hydrogen) atoms. The van der Waals surface area contributed by atoms with Gasteiger partial charge in [0.1, 0.15) is 6.04 Å². The Morgan fingerprint density at radius 1 is 1.24 bits per heavy atom. The summed E-state index contributed by atoms with van der Waals surface area (Å²) in [4.78, 5) is 2.15. The standard InChI is InChI=1S/C12H13Cl2N3/c13-10-2-1-9(7-11(10)14)12(8-15)17-5-3-16-4-6-17/h1-2,7,12,16H,3-6H2. The lowest BCUT2D eigenvalue weighted by atomic mass is 10.1. The molecule has 1 aliphatic rings. The van der Waals surface area contributed by atoms with E-state index in [0.29, 0.717) is 10.0 Å². The maximum Gasteiger partial charge on any atom is 0.124 e. The maximum atomic E-state index is 9.30. The zero-order valence-corrected chi connectivity index (χ0v) is 10.8. The molecule has 0 aromatic heterocycles. The van der Waals surface area contributed by atoms with E-state index in [1.807, 2.05) is 6.07 Å². The van der Waals surface area contributed by atoms with Crippen LogP contribution in [0.5, 0.6) is 0 Å². The Kier molecular flexibility index (Phi) is 4.25. The molecule has 0 radical (unpaired) electrons. The van der Waals surface area contributed by atoms with Crippen LogP contribution < -0.4 is 5.32 Å². The van der Waals surface area contributed by atoms with Gasteiger partial charge in [-0.05, 0) is 17.7 Å². The maximum absolute atomic E-state index is 9.30. The van der Waals surface area contributed by atoms with E-state index in [1.165, 1.54) is 0 Å². The number of piperazine rings is 1. The molecule has 90 valence electrons. The van der Waals surface area contributed by atoms with Crippen molar-refractivity contribution in [2.45, 2.75) is 6.04 Å².